The Hall–Kier alpha value is -2.48. The molecule has 2 aromatic carbocycles. The maximum atomic E-state index is 12.8. The normalized spacial score (nSPS) is 11.8. The zero-order chi connectivity index (χ0) is 24.4. The fraction of sp³-hybridized carbons (Fsp3) is 0.417. The van der Waals surface area contributed by atoms with Crippen LogP contribution in [-0.2, 0) is 16.0 Å². The number of carboxylic acid groups (broad SMARTS) is 1. The van der Waals surface area contributed by atoms with Crippen LogP contribution in [0.4, 0.5) is 10.5 Å². The van der Waals surface area contributed by atoms with Crippen LogP contribution in [0, 0.1) is 5.92 Å². The van der Waals surface area contributed by atoms with Crippen LogP contribution >= 0.6 is 23.2 Å². The summed E-state index contributed by atoms with van der Waals surface area (Å²) < 4.78 is 11.0. The van der Waals surface area contributed by atoms with E-state index in [0.717, 1.165) is 5.56 Å². The van der Waals surface area contributed by atoms with Gasteiger partial charge in [0.1, 0.15) is 12.4 Å². The van der Waals surface area contributed by atoms with Crippen molar-refractivity contribution in [2.75, 3.05) is 31.6 Å². The Morgan fingerprint density at radius 3 is 2.39 bits per heavy atom. The van der Waals surface area contributed by atoms with Gasteiger partial charge in [-0.25, -0.2) is 9.59 Å². The van der Waals surface area contributed by atoms with Gasteiger partial charge in [0.25, 0.3) is 0 Å². The van der Waals surface area contributed by atoms with Crippen LogP contribution in [0.5, 0.6) is 5.75 Å². The third-order valence-electron chi connectivity index (χ3n) is 4.66. The van der Waals surface area contributed by atoms with Crippen molar-refractivity contribution in [1.82, 2.24) is 4.90 Å². The maximum Gasteiger partial charge on any atom is 0.333 e. The molecule has 0 aliphatic heterocycles. The van der Waals surface area contributed by atoms with Gasteiger partial charge in [-0.2, -0.15) is 0 Å². The van der Waals surface area contributed by atoms with E-state index in [0.29, 0.717) is 47.8 Å². The number of nitrogens with zero attached hydrogens (tertiary/aromatic N) is 1. The van der Waals surface area contributed by atoms with Gasteiger partial charge in [-0.05, 0) is 48.7 Å². The summed E-state index contributed by atoms with van der Waals surface area (Å²) in [6.07, 6.45) is -0.599. The third kappa shape index (κ3) is 9.12. The smallest absolute Gasteiger partial charge is 0.333 e. The van der Waals surface area contributed by atoms with Crippen LogP contribution in [0.25, 0.3) is 0 Å². The Morgan fingerprint density at radius 1 is 1.12 bits per heavy atom. The van der Waals surface area contributed by atoms with Crippen molar-refractivity contribution in [1.29, 1.82) is 0 Å². The van der Waals surface area contributed by atoms with Gasteiger partial charge in [0.2, 0.25) is 0 Å². The number of nitrogens with one attached hydrogen (secondary N) is 1. The van der Waals surface area contributed by atoms with Gasteiger partial charge < -0.3 is 24.8 Å². The summed E-state index contributed by atoms with van der Waals surface area (Å²) in [4.78, 5) is 25.7. The van der Waals surface area contributed by atoms with Crippen LogP contribution in [0.15, 0.2) is 42.5 Å². The minimum Gasteiger partial charge on any atom is -0.492 e. The minimum atomic E-state index is -0.986. The first-order valence-corrected chi connectivity index (χ1v) is 11.5. The predicted molar refractivity (Wildman–Crippen MR) is 131 cm³/mol. The number of hydrogen-bond acceptors (Lipinski definition) is 4. The van der Waals surface area contributed by atoms with Crippen molar-refractivity contribution >= 4 is 40.9 Å². The third-order valence-corrected chi connectivity index (χ3v) is 5.21. The number of amides is 2. The number of carbonyl (C=O) groups excluding carboxylic acids is 1. The molecule has 0 fully saturated rings. The summed E-state index contributed by atoms with van der Waals surface area (Å²) >= 11 is 12.1. The van der Waals surface area contributed by atoms with E-state index in [2.05, 4.69) is 5.32 Å². The number of carboxylic acids is 1. The van der Waals surface area contributed by atoms with Gasteiger partial charge in [-0.15, -0.1) is 0 Å². The first-order chi connectivity index (χ1) is 15.7. The first-order valence-electron chi connectivity index (χ1n) is 10.8. The molecule has 0 heterocycles. The molecular weight excluding hydrogens is 467 g/mol. The molecule has 0 aliphatic rings. The average molecular weight is 497 g/mol. The fourth-order valence-electron chi connectivity index (χ4n) is 3.13. The van der Waals surface area contributed by atoms with Gasteiger partial charge in [0.05, 0.1) is 17.3 Å². The van der Waals surface area contributed by atoms with Crippen molar-refractivity contribution in [3.05, 3.63) is 58.1 Å². The summed E-state index contributed by atoms with van der Waals surface area (Å²) in [6.45, 7) is 7.38. The fourth-order valence-corrected chi connectivity index (χ4v) is 3.59. The van der Waals surface area contributed by atoms with Gasteiger partial charge in [-0.1, -0.05) is 49.2 Å². The molecule has 2 rings (SSSR count). The predicted octanol–water partition coefficient (Wildman–Crippen LogP) is 5.59. The largest absolute Gasteiger partial charge is 0.492 e. The lowest BCUT2D eigenvalue weighted by Crippen LogP contribution is -2.40. The van der Waals surface area contributed by atoms with Crippen LogP contribution < -0.4 is 10.1 Å². The van der Waals surface area contributed by atoms with E-state index in [-0.39, 0.29) is 18.4 Å². The Bertz CT molecular complexity index is 922. The number of benzene rings is 2. The lowest BCUT2D eigenvalue weighted by Gasteiger charge is -2.25. The number of anilines is 1. The van der Waals surface area contributed by atoms with Gasteiger partial charge in [0, 0.05) is 24.6 Å². The highest BCUT2D eigenvalue weighted by atomic mass is 35.5. The lowest BCUT2D eigenvalue weighted by atomic mass is 10.1. The molecule has 0 aliphatic carbocycles. The van der Waals surface area contributed by atoms with E-state index < -0.39 is 12.1 Å². The molecule has 1 atom stereocenters. The number of rotatable bonds is 12. The summed E-state index contributed by atoms with van der Waals surface area (Å²) in [7, 11) is 0. The molecule has 2 aromatic rings. The summed E-state index contributed by atoms with van der Waals surface area (Å²) in [5, 5.41) is 12.9. The van der Waals surface area contributed by atoms with E-state index >= 15 is 0 Å². The maximum absolute atomic E-state index is 12.8. The zero-order valence-electron chi connectivity index (χ0n) is 19.0. The molecule has 0 saturated heterocycles. The highest BCUT2D eigenvalue weighted by Crippen LogP contribution is 2.25. The molecule has 0 radical (unpaired) electrons. The van der Waals surface area contributed by atoms with Crippen molar-refractivity contribution in [2.45, 2.75) is 33.3 Å². The quantitative estimate of drug-likeness (QED) is 0.399. The second-order valence-electron chi connectivity index (χ2n) is 7.87. The molecule has 0 aromatic heterocycles. The Morgan fingerprint density at radius 2 is 1.82 bits per heavy atom. The van der Waals surface area contributed by atoms with E-state index in [9.17, 15) is 14.7 Å². The molecule has 2 N–H and O–H groups in total. The van der Waals surface area contributed by atoms with Gasteiger partial charge in [0.15, 0.2) is 6.10 Å². The molecule has 33 heavy (non-hydrogen) atoms. The molecule has 9 heteroatoms. The summed E-state index contributed by atoms with van der Waals surface area (Å²) in [6, 6.07) is 11.8. The van der Waals surface area contributed by atoms with E-state index in [1.54, 1.807) is 42.2 Å². The number of urea groups is 1. The molecule has 0 bridgehead atoms. The number of hydrogen-bond donors (Lipinski definition) is 2. The van der Waals surface area contributed by atoms with Crippen LogP contribution in [0.3, 0.4) is 0 Å². The van der Waals surface area contributed by atoms with Crippen LogP contribution in [0.1, 0.15) is 26.3 Å². The Kier molecular flexibility index (Phi) is 10.8. The van der Waals surface area contributed by atoms with Crippen LogP contribution in [0.2, 0.25) is 10.0 Å². The van der Waals surface area contributed by atoms with Gasteiger partial charge in [-0.3, -0.25) is 0 Å². The summed E-state index contributed by atoms with van der Waals surface area (Å²) in [5.74, 6) is -0.0866. The first kappa shape index (κ1) is 26.8. The SMILES string of the molecule is CCOC(Cc1ccc(OCCN(CC(C)C)C(=O)Nc2ccc(Cl)cc2Cl)cc1)C(=O)O. The lowest BCUT2D eigenvalue weighted by molar-refractivity contribution is -0.149. The summed E-state index contributed by atoms with van der Waals surface area (Å²) in [5.41, 5.74) is 1.33. The Labute approximate surface area is 204 Å². The molecule has 7 nitrogen and oxygen atoms in total. The van der Waals surface area contributed by atoms with Gasteiger partial charge >= 0.3 is 12.0 Å². The number of ether oxygens (including phenoxy) is 2. The van der Waals surface area contributed by atoms with Crippen molar-refractivity contribution in [3.63, 3.8) is 0 Å². The zero-order valence-corrected chi connectivity index (χ0v) is 20.5. The van der Waals surface area contributed by atoms with E-state index in [1.165, 1.54) is 0 Å². The van der Waals surface area contributed by atoms with Crippen molar-refractivity contribution in [2.24, 2.45) is 5.92 Å². The highest BCUT2D eigenvalue weighted by Gasteiger charge is 2.18. The second-order valence-corrected chi connectivity index (χ2v) is 8.72. The minimum absolute atomic E-state index is 0.267. The second kappa shape index (κ2) is 13.3. The number of halogens is 2. The average Bonchev–Trinajstić information content (AvgIpc) is 2.75. The Balaban J connectivity index is 1.92. The highest BCUT2D eigenvalue weighted by molar-refractivity contribution is 6.36. The molecular formula is C24H30Cl2N2O5. The molecule has 1 unspecified atom stereocenters. The molecule has 180 valence electrons. The van der Waals surface area contributed by atoms with Crippen molar-refractivity contribution < 1.29 is 24.2 Å². The monoisotopic (exact) mass is 496 g/mol. The van der Waals surface area contributed by atoms with E-state index in [1.807, 2.05) is 26.0 Å². The molecule has 0 spiro atoms. The molecule has 0 saturated carbocycles. The number of carbonyl (C=O) groups is 2. The molecule has 2 amide bonds. The van der Waals surface area contributed by atoms with Crippen molar-refractivity contribution in [3.8, 4) is 5.75 Å². The van der Waals surface area contributed by atoms with E-state index in [4.69, 9.17) is 32.7 Å². The topological polar surface area (TPSA) is 88.1 Å². The number of aliphatic carboxylic acids is 1. The standard InChI is InChI=1S/C24H30Cl2N2O5/c1-4-32-22(23(29)30)13-17-5-8-19(9-6-17)33-12-11-28(15-16(2)3)24(31)27-21-10-7-18(25)14-20(21)26/h5-10,14,16,22H,4,11-13,15H2,1-3H3,(H,27,31)(H,29,30). The van der Waals surface area contributed by atoms with Crippen LogP contribution in [-0.4, -0.2) is 54.4 Å².